The van der Waals surface area contributed by atoms with Gasteiger partial charge < -0.3 is 15.8 Å². The number of carbonyl (C=O) groups is 1. The first-order valence-electron chi connectivity index (χ1n) is 7.27. The van der Waals surface area contributed by atoms with Gasteiger partial charge in [0.1, 0.15) is 0 Å². The second-order valence-corrected chi connectivity index (χ2v) is 5.80. The number of nitrogens with two attached hydrogens (primary N) is 1. The van der Waals surface area contributed by atoms with E-state index in [4.69, 9.17) is 10.5 Å². The van der Waals surface area contributed by atoms with Gasteiger partial charge in [-0.3, -0.25) is 4.79 Å². The fourth-order valence-electron chi connectivity index (χ4n) is 2.67. The van der Waals surface area contributed by atoms with Gasteiger partial charge in [-0.25, -0.2) is 0 Å². The van der Waals surface area contributed by atoms with Crippen LogP contribution in [-0.2, 0) is 9.53 Å². The van der Waals surface area contributed by atoms with Gasteiger partial charge in [0.2, 0.25) is 5.91 Å². The number of nitrogens with one attached hydrogen (secondary N) is 1. The highest BCUT2D eigenvalue weighted by Gasteiger charge is 2.32. The molecule has 0 aliphatic heterocycles. The van der Waals surface area contributed by atoms with E-state index in [9.17, 15) is 4.79 Å². The molecule has 0 radical (unpaired) electrons. The van der Waals surface area contributed by atoms with E-state index < -0.39 is 0 Å². The van der Waals surface area contributed by atoms with E-state index in [0.29, 0.717) is 32.7 Å². The molecular weight excluding hydrogens is 240 g/mol. The quantitative estimate of drug-likeness (QED) is 0.523. The Balaban J connectivity index is 2.20. The van der Waals surface area contributed by atoms with Crippen LogP contribution in [0.2, 0.25) is 0 Å². The Bertz CT molecular complexity index is 297. The van der Waals surface area contributed by atoms with E-state index in [0.717, 1.165) is 18.4 Å². The SMILES string of the molecule is C=C(C)COCCNC(=O)CC1(CN)CCCCC1. The predicted octanol–water partition coefficient (Wildman–Crippen LogP) is 1.99. The van der Waals surface area contributed by atoms with Gasteiger partial charge in [-0.15, -0.1) is 0 Å². The van der Waals surface area contributed by atoms with Gasteiger partial charge in [-0.1, -0.05) is 31.4 Å². The number of ether oxygens (including phenoxy) is 1. The average molecular weight is 268 g/mol. The Morgan fingerprint density at radius 2 is 2.05 bits per heavy atom. The highest BCUT2D eigenvalue weighted by atomic mass is 16.5. The van der Waals surface area contributed by atoms with Crippen LogP contribution in [0.1, 0.15) is 45.4 Å². The molecule has 0 aromatic carbocycles. The van der Waals surface area contributed by atoms with Gasteiger partial charge in [-0.2, -0.15) is 0 Å². The molecule has 1 amide bonds. The van der Waals surface area contributed by atoms with Crippen molar-refractivity contribution in [2.75, 3.05) is 26.3 Å². The summed E-state index contributed by atoms with van der Waals surface area (Å²) in [4.78, 5) is 11.9. The maximum Gasteiger partial charge on any atom is 0.220 e. The molecule has 0 bridgehead atoms. The van der Waals surface area contributed by atoms with Crippen molar-refractivity contribution in [1.82, 2.24) is 5.32 Å². The monoisotopic (exact) mass is 268 g/mol. The van der Waals surface area contributed by atoms with Gasteiger partial charge in [-0.05, 0) is 31.7 Å². The lowest BCUT2D eigenvalue weighted by Gasteiger charge is -2.35. The minimum atomic E-state index is 0.0426. The zero-order valence-corrected chi connectivity index (χ0v) is 12.2. The molecule has 0 aromatic heterocycles. The lowest BCUT2D eigenvalue weighted by Crippen LogP contribution is -2.39. The van der Waals surface area contributed by atoms with E-state index in [2.05, 4.69) is 11.9 Å². The minimum absolute atomic E-state index is 0.0426. The summed E-state index contributed by atoms with van der Waals surface area (Å²) in [6.07, 6.45) is 6.41. The van der Waals surface area contributed by atoms with Crippen LogP contribution in [0.4, 0.5) is 0 Å². The van der Waals surface area contributed by atoms with Gasteiger partial charge in [0.05, 0.1) is 13.2 Å². The fourth-order valence-corrected chi connectivity index (χ4v) is 2.67. The van der Waals surface area contributed by atoms with Crippen LogP contribution in [-0.4, -0.2) is 32.2 Å². The Morgan fingerprint density at radius 3 is 2.63 bits per heavy atom. The Morgan fingerprint density at radius 1 is 1.37 bits per heavy atom. The molecule has 0 saturated heterocycles. The highest BCUT2D eigenvalue weighted by molar-refractivity contribution is 5.76. The molecule has 0 atom stereocenters. The Hall–Kier alpha value is -0.870. The number of hydrogen-bond acceptors (Lipinski definition) is 3. The first-order valence-corrected chi connectivity index (χ1v) is 7.27. The van der Waals surface area contributed by atoms with Crippen LogP contribution < -0.4 is 11.1 Å². The smallest absolute Gasteiger partial charge is 0.220 e. The van der Waals surface area contributed by atoms with Crippen molar-refractivity contribution in [3.8, 4) is 0 Å². The zero-order valence-electron chi connectivity index (χ0n) is 12.2. The summed E-state index contributed by atoms with van der Waals surface area (Å²) in [6, 6.07) is 0. The van der Waals surface area contributed by atoms with Gasteiger partial charge in [0, 0.05) is 13.0 Å². The van der Waals surface area contributed by atoms with E-state index in [1.807, 2.05) is 6.92 Å². The number of hydrogen-bond donors (Lipinski definition) is 2. The first-order chi connectivity index (χ1) is 9.08. The van der Waals surface area contributed by atoms with E-state index in [1.54, 1.807) is 0 Å². The summed E-state index contributed by atoms with van der Waals surface area (Å²) in [5.74, 6) is 0.103. The Labute approximate surface area is 116 Å². The summed E-state index contributed by atoms with van der Waals surface area (Å²) in [7, 11) is 0. The third-order valence-electron chi connectivity index (χ3n) is 3.80. The summed E-state index contributed by atoms with van der Waals surface area (Å²) in [6.45, 7) is 7.96. The molecule has 0 aromatic rings. The van der Waals surface area contributed by atoms with E-state index in [-0.39, 0.29) is 11.3 Å². The zero-order chi connectivity index (χ0) is 14.1. The molecule has 1 aliphatic rings. The highest BCUT2D eigenvalue weighted by Crippen LogP contribution is 2.38. The summed E-state index contributed by atoms with van der Waals surface area (Å²) in [5.41, 5.74) is 6.92. The molecular formula is C15H28N2O2. The van der Waals surface area contributed by atoms with Gasteiger partial charge >= 0.3 is 0 Å². The summed E-state index contributed by atoms with van der Waals surface area (Å²) in [5, 5.41) is 2.91. The van der Waals surface area contributed by atoms with Crippen molar-refractivity contribution in [3.63, 3.8) is 0 Å². The van der Waals surface area contributed by atoms with Crippen LogP contribution in [0.15, 0.2) is 12.2 Å². The van der Waals surface area contributed by atoms with Crippen LogP contribution in [0.3, 0.4) is 0 Å². The van der Waals surface area contributed by atoms with Gasteiger partial charge in [0.25, 0.3) is 0 Å². The van der Waals surface area contributed by atoms with Crippen molar-refractivity contribution in [1.29, 1.82) is 0 Å². The van der Waals surface area contributed by atoms with Crippen LogP contribution in [0, 0.1) is 5.41 Å². The summed E-state index contributed by atoms with van der Waals surface area (Å²) < 4.78 is 5.35. The second kappa shape index (κ2) is 8.33. The van der Waals surface area contributed by atoms with E-state index >= 15 is 0 Å². The van der Waals surface area contributed by atoms with E-state index in [1.165, 1.54) is 19.3 Å². The predicted molar refractivity (Wildman–Crippen MR) is 77.8 cm³/mol. The van der Waals surface area contributed by atoms with Crippen molar-refractivity contribution in [2.24, 2.45) is 11.1 Å². The molecule has 1 fully saturated rings. The van der Waals surface area contributed by atoms with Crippen LogP contribution in [0.5, 0.6) is 0 Å². The molecule has 0 spiro atoms. The molecule has 1 rings (SSSR count). The standard InChI is InChI=1S/C15H28N2O2/c1-13(2)11-19-9-8-17-14(18)10-15(12-16)6-4-3-5-7-15/h1,3-12,16H2,2H3,(H,17,18). The van der Waals surface area contributed by atoms with Crippen LogP contribution in [0.25, 0.3) is 0 Å². The number of amides is 1. The lowest BCUT2D eigenvalue weighted by molar-refractivity contribution is -0.124. The molecule has 3 N–H and O–H groups in total. The maximum atomic E-state index is 11.9. The van der Waals surface area contributed by atoms with Crippen molar-refractivity contribution in [2.45, 2.75) is 45.4 Å². The summed E-state index contributed by atoms with van der Waals surface area (Å²) >= 11 is 0. The molecule has 1 aliphatic carbocycles. The average Bonchev–Trinajstić information content (AvgIpc) is 2.39. The Kier molecular flexibility index (Phi) is 7.10. The maximum absolute atomic E-state index is 11.9. The first kappa shape index (κ1) is 16.2. The molecule has 1 saturated carbocycles. The largest absolute Gasteiger partial charge is 0.375 e. The second-order valence-electron chi connectivity index (χ2n) is 5.80. The van der Waals surface area contributed by atoms with Crippen molar-refractivity contribution < 1.29 is 9.53 Å². The number of carbonyl (C=O) groups excluding carboxylic acids is 1. The molecule has 19 heavy (non-hydrogen) atoms. The number of rotatable bonds is 8. The van der Waals surface area contributed by atoms with Crippen LogP contribution >= 0.6 is 0 Å². The third-order valence-corrected chi connectivity index (χ3v) is 3.80. The molecule has 110 valence electrons. The normalized spacial score (nSPS) is 18.0. The molecule has 4 nitrogen and oxygen atoms in total. The molecule has 0 unspecified atom stereocenters. The van der Waals surface area contributed by atoms with Crippen molar-refractivity contribution >= 4 is 5.91 Å². The lowest BCUT2D eigenvalue weighted by atomic mass is 9.72. The third kappa shape index (κ3) is 6.21. The van der Waals surface area contributed by atoms with Gasteiger partial charge in [0.15, 0.2) is 0 Å². The minimum Gasteiger partial charge on any atom is -0.375 e. The fraction of sp³-hybridized carbons (Fsp3) is 0.800. The molecule has 4 heteroatoms. The van der Waals surface area contributed by atoms with Crippen molar-refractivity contribution in [3.05, 3.63) is 12.2 Å². The topological polar surface area (TPSA) is 64.3 Å². The molecule has 0 heterocycles.